The average molecular weight is 681 g/mol. The highest BCUT2D eigenvalue weighted by Crippen LogP contribution is 2.39. The Morgan fingerprint density at radius 2 is 1.79 bits per heavy atom. The van der Waals surface area contributed by atoms with Crippen molar-refractivity contribution < 1.29 is 19.1 Å². The fraction of sp³-hybridized carbons (Fsp3) is 0.243. The summed E-state index contributed by atoms with van der Waals surface area (Å²) in [5.74, 6) is -0.0532. The molecule has 4 heterocycles. The quantitative estimate of drug-likeness (QED) is 0.211. The molecule has 0 radical (unpaired) electrons. The number of esters is 1. The molecule has 1 fully saturated rings. The van der Waals surface area contributed by atoms with Crippen molar-refractivity contribution in [1.29, 1.82) is 0 Å². The van der Waals surface area contributed by atoms with Gasteiger partial charge in [-0.1, -0.05) is 71.5 Å². The van der Waals surface area contributed by atoms with E-state index in [0.717, 1.165) is 42.4 Å². The molecule has 5 aromatic rings. The van der Waals surface area contributed by atoms with E-state index in [1.54, 1.807) is 25.1 Å². The van der Waals surface area contributed by atoms with Crippen LogP contribution in [0.4, 0.5) is 0 Å². The minimum atomic E-state index is -0.939. The summed E-state index contributed by atoms with van der Waals surface area (Å²) in [7, 11) is 1.53. The number of methoxy groups -OCH3 is 1. The van der Waals surface area contributed by atoms with E-state index >= 15 is 0 Å². The number of hydrogen-bond donors (Lipinski definition) is 0. The maximum Gasteiger partial charge on any atom is 0.338 e. The SMILES string of the molecule is CCOC(=O)C1=C(c2ccccc2)N=c2s/c(=C\c3cn(CC(=O)N4CCCC4)c4ccccc34)c(=O)n2[C@@H]1c1cc(Cl)ccc1OC. The molecule has 11 heteroatoms. The predicted molar refractivity (Wildman–Crippen MR) is 187 cm³/mol. The van der Waals surface area contributed by atoms with Gasteiger partial charge in [-0.25, -0.2) is 9.79 Å². The van der Waals surface area contributed by atoms with Crippen molar-refractivity contribution in [2.45, 2.75) is 32.4 Å². The Labute approximate surface area is 285 Å². The number of rotatable bonds is 8. The molecule has 0 aliphatic carbocycles. The van der Waals surface area contributed by atoms with Crippen LogP contribution in [0.5, 0.6) is 5.75 Å². The van der Waals surface area contributed by atoms with Crippen LogP contribution in [0, 0.1) is 0 Å². The number of aromatic nitrogens is 2. The summed E-state index contributed by atoms with van der Waals surface area (Å²) in [5, 5.41) is 1.34. The maximum absolute atomic E-state index is 14.5. The third-order valence-electron chi connectivity index (χ3n) is 8.73. The molecule has 0 saturated carbocycles. The van der Waals surface area contributed by atoms with Crippen LogP contribution in [-0.4, -0.2) is 52.7 Å². The first-order valence-electron chi connectivity index (χ1n) is 15.9. The molecule has 2 aliphatic rings. The second-order valence-corrected chi connectivity index (χ2v) is 13.1. The summed E-state index contributed by atoms with van der Waals surface area (Å²) in [6.07, 6.45) is 5.81. The first kappa shape index (κ1) is 31.7. The fourth-order valence-electron chi connectivity index (χ4n) is 6.53. The second kappa shape index (κ2) is 13.3. The van der Waals surface area contributed by atoms with E-state index in [-0.39, 0.29) is 30.2 Å². The standard InChI is InChI=1S/C37H33ClN4O5S/c1-3-47-36(45)32-33(23-11-5-4-6-12-23)39-37-42(34(32)27-20-25(38)15-16-29(27)46-2)35(44)30(48-37)19-24-21-41(28-14-8-7-13-26(24)28)22-31(43)40-17-9-10-18-40/h4-8,11-16,19-21,34H,3,9-10,17-18,22H2,1-2H3/b30-19-/t34-/m1/s1. The normalized spacial score (nSPS) is 16.3. The molecule has 2 aromatic heterocycles. The summed E-state index contributed by atoms with van der Waals surface area (Å²) in [6.45, 7) is 3.65. The predicted octanol–water partition coefficient (Wildman–Crippen LogP) is 5.17. The highest BCUT2D eigenvalue weighted by atomic mass is 35.5. The van der Waals surface area contributed by atoms with Crippen molar-refractivity contribution in [3.8, 4) is 5.75 Å². The Kier molecular flexibility index (Phi) is 8.77. The molecule has 0 N–H and O–H groups in total. The van der Waals surface area contributed by atoms with Gasteiger partial charge in [0.1, 0.15) is 18.3 Å². The minimum Gasteiger partial charge on any atom is -0.496 e. The first-order valence-corrected chi connectivity index (χ1v) is 17.0. The van der Waals surface area contributed by atoms with E-state index in [0.29, 0.717) is 36.9 Å². The molecule has 244 valence electrons. The number of nitrogens with zero attached hydrogens (tertiary/aromatic N) is 4. The highest BCUT2D eigenvalue weighted by Gasteiger charge is 2.37. The van der Waals surface area contributed by atoms with E-state index in [9.17, 15) is 14.4 Å². The molecule has 9 nitrogen and oxygen atoms in total. The summed E-state index contributed by atoms with van der Waals surface area (Å²) < 4.78 is 15.2. The Morgan fingerprint density at radius 1 is 1.04 bits per heavy atom. The van der Waals surface area contributed by atoms with Crippen molar-refractivity contribution in [2.24, 2.45) is 4.99 Å². The van der Waals surface area contributed by atoms with Gasteiger partial charge >= 0.3 is 5.97 Å². The molecule has 1 atom stereocenters. The van der Waals surface area contributed by atoms with Crippen LogP contribution in [0.3, 0.4) is 0 Å². The highest BCUT2D eigenvalue weighted by molar-refractivity contribution is 7.07. The van der Waals surface area contributed by atoms with Crippen molar-refractivity contribution >= 4 is 57.5 Å². The summed E-state index contributed by atoms with van der Waals surface area (Å²) in [5.41, 5.74) is 3.22. The second-order valence-electron chi connectivity index (χ2n) is 11.6. The molecule has 1 amide bonds. The Bertz CT molecular complexity index is 2260. The number of fused-ring (bicyclic) bond motifs is 2. The van der Waals surface area contributed by atoms with Crippen LogP contribution >= 0.6 is 22.9 Å². The Hall–Kier alpha value is -4.93. The molecule has 0 spiro atoms. The van der Waals surface area contributed by atoms with Gasteiger partial charge in [0.15, 0.2) is 4.80 Å². The van der Waals surface area contributed by atoms with Crippen molar-refractivity contribution in [3.05, 3.63) is 126 Å². The number of hydrogen-bond acceptors (Lipinski definition) is 7. The molecule has 0 unspecified atom stereocenters. The lowest BCUT2D eigenvalue weighted by Gasteiger charge is -2.27. The van der Waals surface area contributed by atoms with Crippen LogP contribution in [-0.2, 0) is 20.9 Å². The van der Waals surface area contributed by atoms with Gasteiger partial charge in [0.05, 0.1) is 29.5 Å². The molecule has 48 heavy (non-hydrogen) atoms. The lowest BCUT2D eigenvalue weighted by molar-refractivity contribution is -0.139. The number of amides is 1. The van der Waals surface area contributed by atoms with Gasteiger partial charge in [-0.05, 0) is 50.1 Å². The van der Waals surface area contributed by atoms with E-state index in [1.807, 2.05) is 76.3 Å². The van der Waals surface area contributed by atoms with Crippen molar-refractivity contribution in [3.63, 3.8) is 0 Å². The summed E-state index contributed by atoms with van der Waals surface area (Å²) in [4.78, 5) is 48.7. The van der Waals surface area contributed by atoms with Crippen LogP contribution in [0.25, 0.3) is 22.7 Å². The Morgan fingerprint density at radius 3 is 2.54 bits per heavy atom. The molecule has 2 aliphatic heterocycles. The number of para-hydroxylation sites is 1. The summed E-state index contributed by atoms with van der Waals surface area (Å²) >= 11 is 7.75. The molecule has 0 bridgehead atoms. The Balaban J connectivity index is 1.45. The van der Waals surface area contributed by atoms with E-state index in [2.05, 4.69) is 0 Å². The molecule has 3 aromatic carbocycles. The van der Waals surface area contributed by atoms with Crippen LogP contribution in [0.2, 0.25) is 5.02 Å². The van der Waals surface area contributed by atoms with Gasteiger partial charge < -0.3 is 18.9 Å². The van der Waals surface area contributed by atoms with Crippen LogP contribution in [0.1, 0.15) is 42.5 Å². The zero-order chi connectivity index (χ0) is 33.4. The minimum absolute atomic E-state index is 0.0783. The zero-order valence-electron chi connectivity index (χ0n) is 26.5. The van der Waals surface area contributed by atoms with Crippen molar-refractivity contribution in [2.75, 3.05) is 26.8 Å². The van der Waals surface area contributed by atoms with E-state index in [4.69, 9.17) is 26.1 Å². The van der Waals surface area contributed by atoms with Gasteiger partial charge in [0.25, 0.3) is 5.56 Å². The largest absolute Gasteiger partial charge is 0.496 e. The number of halogens is 1. The number of thiazole rings is 1. The van der Waals surface area contributed by atoms with E-state index < -0.39 is 12.0 Å². The van der Waals surface area contributed by atoms with E-state index in [1.165, 1.54) is 23.0 Å². The smallest absolute Gasteiger partial charge is 0.338 e. The summed E-state index contributed by atoms with van der Waals surface area (Å²) in [6, 6.07) is 21.4. The fourth-order valence-corrected chi connectivity index (χ4v) is 7.70. The van der Waals surface area contributed by atoms with Gasteiger partial charge in [-0.15, -0.1) is 0 Å². The van der Waals surface area contributed by atoms with Crippen LogP contribution in [0.15, 0.2) is 94.4 Å². The topological polar surface area (TPSA) is 95.1 Å². The first-order chi connectivity index (χ1) is 23.4. The molecular formula is C37H33ClN4O5S. The van der Waals surface area contributed by atoms with Gasteiger partial charge in [0.2, 0.25) is 5.91 Å². The number of carbonyl (C=O) groups excluding carboxylic acids is 2. The molecule has 1 saturated heterocycles. The number of carbonyl (C=O) groups is 2. The number of benzene rings is 3. The van der Waals surface area contributed by atoms with Crippen molar-refractivity contribution in [1.82, 2.24) is 14.0 Å². The third kappa shape index (κ3) is 5.75. The van der Waals surface area contributed by atoms with Gasteiger partial charge in [0, 0.05) is 51.9 Å². The molecular weight excluding hydrogens is 648 g/mol. The van der Waals surface area contributed by atoms with Gasteiger partial charge in [-0.3, -0.25) is 14.2 Å². The number of ether oxygens (including phenoxy) is 2. The lowest BCUT2D eigenvalue weighted by atomic mass is 9.92. The zero-order valence-corrected chi connectivity index (χ0v) is 28.1. The number of likely N-dealkylation sites (tertiary alicyclic amines) is 1. The molecule has 7 rings (SSSR count). The lowest BCUT2D eigenvalue weighted by Crippen LogP contribution is -2.40. The monoisotopic (exact) mass is 680 g/mol. The average Bonchev–Trinajstić information content (AvgIpc) is 3.84. The maximum atomic E-state index is 14.5. The van der Waals surface area contributed by atoms with Crippen LogP contribution < -0.4 is 19.6 Å². The third-order valence-corrected chi connectivity index (χ3v) is 9.95. The van der Waals surface area contributed by atoms with Gasteiger partial charge in [-0.2, -0.15) is 0 Å².